The van der Waals surface area contributed by atoms with Gasteiger partial charge < -0.3 is 9.64 Å². The summed E-state index contributed by atoms with van der Waals surface area (Å²) in [5, 5.41) is 0. The van der Waals surface area contributed by atoms with Crippen LogP contribution in [-0.4, -0.2) is 36.3 Å². The van der Waals surface area contributed by atoms with Crippen LogP contribution in [-0.2, 0) is 11.2 Å². The standard InChI is InChI=1S/C16H18FN3O/c17-15-4-1-3-13(10-15)9-14-11-20(7-8-21-12-14)16-18-5-2-6-19-16/h1-6,10,14H,7-9,11-12H2. The van der Waals surface area contributed by atoms with Crippen molar-refractivity contribution in [2.24, 2.45) is 5.92 Å². The lowest BCUT2D eigenvalue weighted by atomic mass is 9.99. The first-order chi connectivity index (χ1) is 10.3. The molecule has 2 aromatic rings. The minimum atomic E-state index is -0.190. The summed E-state index contributed by atoms with van der Waals surface area (Å²) in [6, 6.07) is 8.57. The van der Waals surface area contributed by atoms with E-state index >= 15 is 0 Å². The van der Waals surface area contributed by atoms with Gasteiger partial charge in [0.2, 0.25) is 5.95 Å². The van der Waals surface area contributed by atoms with Gasteiger partial charge in [-0.15, -0.1) is 0 Å². The molecule has 1 fully saturated rings. The van der Waals surface area contributed by atoms with Crippen LogP contribution < -0.4 is 4.90 Å². The van der Waals surface area contributed by atoms with Crippen molar-refractivity contribution in [3.63, 3.8) is 0 Å². The summed E-state index contributed by atoms with van der Waals surface area (Å²) in [5.74, 6) is 0.843. The van der Waals surface area contributed by atoms with E-state index in [-0.39, 0.29) is 5.82 Å². The highest BCUT2D eigenvalue weighted by molar-refractivity contribution is 5.29. The smallest absolute Gasteiger partial charge is 0.225 e. The number of aromatic nitrogens is 2. The molecule has 5 heteroatoms. The molecule has 1 aromatic heterocycles. The summed E-state index contributed by atoms with van der Waals surface area (Å²) in [6.07, 6.45) is 4.28. The Kier molecular flexibility index (Phi) is 4.40. The van der Waals surface area contributed by atoms with Crippen LogP contribution in [0.25, 0.3) is 0 Å². The Morgan fingerprint density at radius 1 is 1.24 bits per heavy atom. The predicted molar refractivity (Wildman–Crippen MR) is 78.7 cm³/mol. The van der Waals surface area contributed by atoms with E-state index in [0.717, 1.165) is 31.0 Å². The van der Waals surface area contributed by atoms with E-state index in [4.69, 9.17) is 4.74 Å². The van der Waals surface area contributed by atoms with Crippen LogP contribution >= 0.6 is 0 Å². The molecule has 1 atom stereocenters. The van der Waals surface area contributed by atoms with Gasteiger partial charge in [-0.3, -0.25) is 0 Å². The summed E-state index contributed by atoms with van der Waals surface area (Å²) in [7, 11) is 0. The molecule has 1 saturated heterocycles. The molecular formula is C16H18FN3O. The Morgan fingerprint density at radius 2 is 2.10 bits per heavy atom. The zero-order chi connectivity index (χ0) is 14.5. The van der Waals surface area contributed by atoms with Gasteiger partial charge in [-0.1, -0.05) is 12.1 Å². The molecular weight excluding hydrogens is 269 g/mol. The average molecular weight is 287 g/mol. The molecule has 2 heterocycles. The first-order valence-corrected chi connectivity index (χ1v) is 7.15. The van der Waals surface area contributed by atoms with Crippen LogP contribution in [0.15, 0.2) is 42.7 Å². The summed E-state index contributed by atoms with van der Waals surface area (Å²) >= 11 is 0. The molecule has 1 unspecified atom stereocenters. The lowest BCUT2D eigenvalue weighted by molar-refractivity contribution is 0.123. The summed E-state index contributed by atoms with van der Waals surface area (Å²) in [4.78, 5) is 10.7. The maximum atomic E-state index is 13.3. The Bertz CT molecular complexity index is 579. The van der Waals surface area contributed by atoms with Crippen LogP contribution in [0.3, 0.4) is 0 Å². The predicted octanol–water partition coefficient (Wildman–Crippen LogP) is 2.31. The third kappa shape index (κ3) is 3.76. The monoisotopic (exact) mass is 287 g/mol. The quantitative estimate of drug-likeness (QED) is 0.868. The number of rotatable bonds is 3. The summed E-state index contributed by atoms with van der Waals surface area (Å²) in [6.45, 7) is 2.95. The largest absolute Gasteiger partial charge is 0.379 e. The summed E-state index contributed by atoms with van der Waals surface area (Å²) < 4.78 is 19.0. The molecule has 0 amide bonds. The molecule has 4 nitrogen and oxygen atoms in total. The van der Waals surface area contributed by atoms with Crippen molar-refractivity contribution in [2.75, 3.05) is 31.2 Å². The number of halogens is 1. The van der Waals surface area contributed by atoms with Crippen LogP contribution in [0.5, 0.6) is 0 Å². The van der Waals surface area contributed by atoms with Crippen molar-refractivity contribution in [3.05, 3.63) is 54.1 Å². The Morgan fingerprint density at radius 3 is 2.90 bits per heavy atom. The van der Waals surface area contributed by atoms with Crippen LogP contribution in [0, 0.1) is 11.7 Å². The fourth-order valence-corrected chi connectivity index (χ4v) is 2.64. The first kappa shape index (κ1) is 13.9. The van der Waals surface area contributed by atoms with E-state index in [1.807, 2.05) is 12.1 Å². The number of benzene rings is 1. The van der Waals surface area contributed by atoms with Gasteiger partial charge in [0, 0.05) is 31.4 Å². The van der Waals surface area contributed by atoms with E-state index in [1.54, 1.807) is 24.5 Å². The average Bonchev–Trinajstić information content (AvgIpc) is 2.74. The molecule has 21 heavy (non-hydrogen) atoms. The molecule has 0 spiro atoms. The Labute approximate surface area is 123 Å². The highest BCUT2D eigenvalue weighted by atomic mass is 19.1. The maximum absolute atomic E-state index is 13.3. The van der Waals surface area contributed by atoms with Crippen molar-refractivity contribution < 1.29 is 9.13 Å². The highest BCUT2D eigenvalue weighted by Gasteiger charge is 2.20. The minimum absolute atomic E-state index is 0.190. The third-order valence-corrected chi connectivity index (χ3v) is 3.59. The van der Waals surface area contributed by atoms with Gasteiger partial charge >= 0.3 is 0 Å². The first-order valence-electron chi connectivity index (χ1n) is 7.15. The molecule has 0 saturated carbocycles. The number of hydrogen-bond acceptors (Lipinski definition) is 4. The maximum Gasteiger partial charge on any atom is 0.225 e. The van der Waals surface area contributed by atoms with Crippen molar-refractivity contribution in [1.29, 1.82) is 0 Å². The molecule has 0 bridgehead atoms. The molecule has 0 N–H and O–H groups in total. The molecule has 3 rings (SSSR count). The number of hydrogen-bond donors (Lipinski definition) is 0. The third-order valence-electron chi connectivity index (χ3n) is 3.59. The van der Waals surface area contributed by atoms with Crippen LogP contribution in [0.1, 0.15) is 5.56 Å². The number of ether oxygens (including phenoxy) is 1. The fraction of sp³-hybridized carbons (Fsp3) is 0.375. The van der Waals surface area contributed by atoms with Gasteiger partial charge in [0.25, 0.3) is 0 Å². The number of anilines is 1. The van der Waals surface area contributed by atoms with Gasteiger partial charge in [0.05, 0.1) is 13.2 Å². The van der Waals surface area contributed by atoms with Crippen molar-refractivity contribution >= 4 is 5.95 Å². The lowest BCUT2D eigenvalue weighted by Gasteiger charge is -2.23. The number of nitrogens with zero attached hydrogens (tertiary/aromatic N) is 3. The van der Waals surface area contributed by atoms with Crippen molar-refractivity contribution in [3.8, 4) is 0 Å². The second-order valence-corrected chi connectivity index (χ2v) is 5.27. The van der Waals surface area contributed by atoms with Gasteiger partial charge in [0.15, 0.2) is 0 Å². The molecule has 1 aliphatic heterocycles. The Hall–Kier alpha value is -2.01. The van der Waals surface area contributed by atoms with Gasteiger partial charge in [-0.25, -0.2) is 14.4 Å². The second-order valence-electron chi connectivity index (χ2n) is 5.27. The van der Waals surface area contributed by atoms with Gasteiger partial charge in [0.1, 0.15) is 5.82 Å². The summed E-state index contributed by atoms with van der Waals surface area (Å²) in [5.41, 5.74) is 0.999. The fourth-order valence-electron chi connectivity index (χ4n) is 2.64. The zero-order valence-corrected chi connectivity index (χ0v) is 11.8. The van der Waals surface area contributed by atoms with Crippen molar-refractivity contribution in [1.82, 2.24) is 9.97 Å². The minimum Gasteiger partial charge on any atom is -0.379 e. The van der Waals surface area contributed by atoms with E-state index in [9.17, 15) is 4.39 Å². The molecule has 0 aliphatic carbocycles. The normalized spacial score (nSPS) is 19.3. The lowest BCUT2D eigenvalue weighted by Crippen LogP contribution is -2.32. The molecule has 0 radical (unpaired) electrons. The molecule has 1 aliphatic rings. The van der Waals surface area contributed by atoms with E-state index in [2.05, 4.69) is 14.9 Å². The zero-order valence-electron chi connectivity index (χ0n) is 11.8. The highest BCUT2D eigenvalue weighted by Crippen LogP contribution is 2.17. The van der Waals surface area contributed by atoms with Crippen molar-refractivity contribution in [2.45, 2.75) is 6.42 Å². The molecule has 1 aromatic carbocycles. The van der Waals surface area contributed by atoms with Gasteiger partial charge in [-0.2, -0.15) is 0 Å². The van der Waals surface area contributed by atoms with E-state index in [0.29, 0.717) is 19.1 Å². The molecule has 110 valence electrons. The van der Waals surface area contributed by atoms with Crippen LogP contribution in [0.4, 0.5) is 10.3 Å². The Balaban J connectivity index is 1.70. The van der Waals surface area contributed by atoms with E-state index < -0.39 is 0 Å². The second kappa shape index (κ2) is 6.63. The SMILES string of the molecule is Fc1cccc(CC2COCCN(c3ncccn3)C2)c1. The topological polar surface area (TPSA) is 38.2 Å². The van der Waals surface area contributed by atoms with Gasteiger partial charge in [-0.05, 0) is 30.2 Å². The van der Waals surface area contributed by atoms with Crippen LogP contribution in [0.2, 0.25) is 0 Å². The van der Waals surface area contributed by atoms with E-state index in [1.165, 1.54) is 6.07 Å².